The van der Waals surface area contributed by atoms with Gasteiger partial charge in [-0.15, -0.1) is 0 Å². The molecule has 1 fully saturated rings. The highest BCUT2D eigenvalue weighted by Crippen LogP contribution is 2.25. The summed E-state index contributed by atoms with van der Waals surface area (Å²) in [6.07, 6.45) is 0. The van der Waals surface area contributed by atoms with Crippen LogP contribution in [0.25, 0.3) is 0 Å². The van der Waals surface area contributed by atoms with Gasteiger partial charge in [-0.2, -0.15) is 0 Å². The Kier molecular flexibility index (Phi) is 5.74. The first kappa shape index (κ1) is 18.9. The lowest BCUT2D eigenvalue weighted by Gasteiger charge is -2.40. The number of halogens is 1. The number of carbonyl (C=O) groups excluding carboxylic acids is 2. The van der Waals surface area contributed by atoms with Gasteiger partial charge in [0.2, 0.25) is 5.91 Å². The number of rotatable bonds is 6. The number of aryl methyl sites for hydroxylation is 1. The van der Waals surface area contributed by atoms with E-state index in [0.29, 0.717) is 19.6 Å². The molecule has 0 spiro atoms. The molecule has 1 saturated heterocycles. The van der Waals surface area contributed by atoms with Gasteiger partial charge in [-0.1, -0.05) is 30.3 Å². The molecular formula is C21H23FN2O3. The average Bonchev–Trinajstić information content (AvgIpc) is 2.62. The molecular weight excluding hydrogens is 347 g/mol. The smallest absolute Gasteiger partial charge is 0.260 e. The second kappa shape index (κ2) is 8.20. The Morgan fingerprint density at radius 3 is 2.48 bits per heavy atom. The fourth-order valence-corrected chi connectivity index (χ4v) is 3.16. The normalized spacial score (nSPS) is 13.8. The maximum absolute atomic E-state index is 13.5. The molecule has 1 aliphatic heterocycles. The molecule has 0 radical (unpaired) electrons. The number of benzene rings is 2. The van der Waals surface area contributed by atoms with Crippen LogP contribution in [0.4, 0.5) is 10.1 Å². The minimum Gasteiger partial charge on any atom is -0.481 e. The molecule has 0 saturated carbocycles. The number of ether oxygens (including phenoxy) is 1. The highest BCUT2D eigenvalue weighted by molar-refractivity contribution is 5.97. The van der Waals surface area contributed by atoms with Gasteiger partial charge in [0.25, 0.3) is 5.91 Å². The third-order valence-electron chi connectivity index (χ3n) is 4.76. The highest BCUT2D eigenvalue weighted by atomic mass is 19.1. The van der Waals surface area contributed by atoms with Crippen LogP contribution in [0, 0.1) is 18.7 Å². The van der Waals surface area contributed by atoms with E-state index in [1.165, 1.54) is 12.1 Å². The molecule has 1 heterocycles. The van der Waals surface area contributed by atoms with Crippen LogP contribution in [0.15, 0.2) is 48.5 Å². The molecule has 6 heteroatoms. The number of amides is 2. The third-order valence-corrected chi connectivity index (χ3v) is 4.76. The van der Waals surface area contributed by atoms with Crippen LogP contribution in [0.3, 0.4) is 0 Å². The van der Waals surface area contributed by atoms with Crippen molar-refractivity contribution in [1.29, 1.82) is 0 Å². The number of hydrogen-bond donors (Lipinski definition) is 0. The number of likely N-dealkylation sites (tertiary alicyclic amines) is 1. The molecule has 2 aromatic rings. The molecule has 3 rings (SSSR count). The summed E-state index contributed by atoms with van der Waals surface area (Å²) in [5.74, 6) is -0.899. The second-order valence-electron chi connectivity index (χ2n) is 6.58. The largest absolute Gasteiger partial charge is 0.481 e. The number of para-hydroxylation sites is 2. The predicted octanol–water partition coefficient (Wildman–Crippen LogP) is 3.02. The molecule has 0 unspecified atom stereocenters. The summed E-state index contributed by atoms with van der Waals surface area (Å²) in [5, 5.41) is 0. The maximum atomic E-state index is 13.5. The first-order chi connectivity index (χ1) is 13.0. The zero-order valence-corrected chi connectivity index (χ0v) is 15.5. The summed E-state index contributed by atoms with van der Waals surface area (Å²) in [5.41, 5.74) is 1.94. The molecule has 27 heavy (non-hydrogen) atoms. The van der Waals surface area contributed by atoms with Crippen molar-refractivity contribution in [3.8, 4) is 5.75 Å². The quantitative estimate of drug-likeness (QED) is 0.785. The lowest BCUT2D eigenvalue weighted by molar-refractivity contribution is -0.143. The van der Waals surface area contributed by atoms with Gasteiger partial charge in [0, 0.05) is 25.3 Å². The molecule has 0 bridgehead atoms. The van der Waals surface area contributed by atoms with Gasteiger partial charge >= 0.3 is 0 Å². The van der Waals surface area contributed by atoms with Crippen LogP contribution in [-0.4, -0.2) is 43.0 Å². The van der Waals surface area contributed by atoms with Gasteiger partial charge in [0.1, 0.15) is 0 Å². The number of hydrogen-bond acceptors (Lipinski definition) is 3. The Morgan fingerprint density at radius 1 is 1.15 bits per heavy atom. The molecule has 2 aromatic carbocycles. The zero-order valence-electron chi connectivity index (χ0n) is 15.5. The number of carbonyl (C=O) groups is 2. The summed E-state index contributed by atoms with van der Waals surface area (Å²) in [4.78, 5) is 28.3. The SMILES string of the molecule is CCN(C(=O)C1CN(C(=O)COc2ccccc2F)C1)c1ccccc1C. The predicted molar refractivity (Wildman–Crippen MR) is 101 cm³/mol. The minimum absolute atomic E-state index is 0.0193. The Labute approximate surface area is 158 Å². The van der Waals surface area contributed by atoms with Crippen LogP contribution in [0.1, 0.15) is 12.5 Å². The maximum Gasteiger partial charge on any atom is 0.260 e. The van der Waals surface area contributed by atoms with E-state index in [-0.39, 0.29) is 30.1 Å². The van der Waals surface area contributed by atoms with Crippen molar-refractivity contribution in [3.63, 3.8) is 0 Å². The number of nitrogens with zero attached hydrogens (tertiary/aromatic N) is 2. The standard InChI is InChI=1S/C21H23FN2O3/c1-3-24(18-10-6-4-8-15(18)2)21(26)16-12-23(13-16)20(25)14-27-19-11-7-5-9-17(19)22/h4-11,16H,3,12-14H2,1-2H3. The second-order valence-corrected chi connectivity index (χ2v) is 6.58. The molecule has 1 aliphatic rings. The van der Waals surface area contributed by atoms with E-state index in [2.05, 4.69) is 0 Å². The van der Waals surface area contributed by atoms with Crippen LogP contribution < -0.4 is 9.64 Å². The zero-order chi connectivity index (χ0) is 19.4. The van der Waals surface area contributed by atoms with Crippen molar-refractivity contribution in [2.75, 3.05) is 31.1 Å². The van der Waals surface area contributed by atoms with Crippen LogP contribution in [0.5, 0.6) is 5.75 Å². The third kappa shape index (κ3) is 4.10. The van der Waals surface area contributed by atoms with Crippen molar-refractivity contribution < 1.29 is 18.7 Å². The van der Waals surface area contributed by atoms with Crippen molar-refractivity contribution in [2.24, 2.45) is 5.92 Å². The van der Waals surface area contributed by atoms with Gasteiger partial charge in [0.05, 0.1) is 5.92 Å². The fourth-order valence-electron chi connectivity index (χ4n) is 3.16. The monoisotopic (exact) mass is 370 g/mol. The van der Waals surface area contributed by atoms with Gasteiger partial charge in [-0.25, -0.2) is 4.39 Å². The van der Waals surface area contributed by atoms with E-state index >= 15 is 0 Å². The summed E-state index contributed by atoms with van der Waals surface area (Å²) >= 11 is 0. The summed E-state index contributed by atoms with van der Waals surface area (Å²) in [6, 6.07) is 13.7. The lowest BCUT2D eigenvalue weighted by atomic mass is 9.97. The summed E-state index contributed by atoms with van der Waals surface area (Å²) in [7, 11) is 0. The Balaban J connectivity index is 1.53. The molecule has 0 N–H and O–H groups in total. The van der Waals surface area contributed by atoms with Crippen LogP contribution in [0.2, 0.25) is 0 Å². The molecule has 0 aliphatic carbocycles. The molecule has 0 atom stereocenters. The van der Waals surface area contributed by atoms with E-state index in [0.717, 1.165) is 11.3 Å². The van der Waals surface area contributed by atoms with E-state index < -0.39 is 5.82 Å². The fraction of sp³-hybridized carbons (Fsp3) is 0.333. The van der Waals surface area contributed by atoms with E-state index in [1.54, 1.807) is 21.9 Å². The van der Waals surface area contributed by atoms with Gasteiger partial charge in [-0.3, -0.25) is 9.59 Å². The van der Waals surface area contributed by atoms with Gasteiger partial charge in [0.15, 0.2) is 18.2 Å². The summed E-state index contributed by atoms with van der Waals surface area (Å²) < 4.78 is 18.8. The van der Waals surface area contributed by atoms with Gasteiger partial charge < -0.3 is 14.5 Å². The van der Waals surface area contributed by atoms with E-state index in [9.17, 15) is 14.0 Å². The van der Waals surface area contributed by atoms with Crippen molar-refractivity contribution in [1.82, 2.24) is 4.90 Å². The molecule has 5 nitrogen and oxygen atoms in total. The molecule has 142 valence electrons. The summed E-state index contributed by atoms with van der Waals surface area (Å²) in [6.45, 7) is 4.97. The lowest BCUT2D eigenvalue weighted by Crippen LogP contribution is -2.57. The van der Waals surface area contributed by atoms with Gasteiger partial charge in [-0.05, 0) is 37.6 Å². The topological polar surface area (TPSA) is 49.9 Å². The van der Waals surface area contributed by atoms with Crippen molar-refractivity contribution >= 4 is 17.5 Å². The van der Waals surface area contributed by atoms with Crippen molar-refractivity contribution in [2.45, 2.75) is 13.8 Å². The number of anilines is 1. The van der Waals surface area contributed by atoms with Crippen LogP contribution in [-0.2, 0) is 9.59 Å². The highest BCUT2D eigenvalue weighted by Gasteiger charge is 2.38. The van der Waals surface area contributed by atoms with Crippen molar-refractivity contribution in [3.05, 3.63) is 59.9 Å². The first-order valence-corrected chi connectivity index (χ1v) is 9.03. The molecule has 2 amide bonds. The minimum atomic E-state index is -0.501. The Hall–Kier alpha value is -2.89. The first-order valence-electron chi connectivity index (χ1n) is 9.03. The molecule has 0 aromatic heterocycles. The van der Waals surface area contributed by atoms with E-state index in [1.807, 2.05) is 38.1 Å². The van der Waals surface area contributed by atoms with Crippen LogP contribution >= 0.6 is 0 Å². The Bertz CT molecular complexity index is 834. The van der Waals surface area contributed by atoms with E-state index in [4.69, 9.17) is 4.74 Å². The Morgan fingerprint density at radius 2 is 1.81 bits per heavy atom. The average molecular weight is 370 g/mol.